The van der Waals surface area contributed by atoms with Crippen molar-refractivity contribution in [3.8, 4) is 0 Å². The van der Waals surface area contributed by atoms with E-state index in [0.717, 1.165) is 19.1 Å². The molecule has 3 nitrogen and oxygen atoms in total. The molecule has 4 atom stereocenters. The number of hydrogen-bond donors (Lipinski definition) is 2. The highest BCUT2D eigenvalue weighted by Crippen LogP contribution is 2.44. The fourth-order valence-electron chi connectivity index (χ4n) is 2.20. The third kappa shape index (κ3) is 4.38. The first-order valence-electron chi connectivity index (χ1n) is 7.43. The molecule has 1 aromatic rings. The molecular formula is C16H22F5NO2S. The predicted molar refractivity (Wildman–Crippen MR) is 86.4 cm³/mol. The summed E-state index contributed by atoms with van der Waals surface area (Å²) in [6.45, 7) is 6.02. The zero-order valence-electron chi connectivity index (χ0n) is 14.5. The van der Waals surface area contributed by atoms with E-state index < -0.39 is 50.6 Å². The molecule has 0 radical (unpaired) electrons. The number of benzene rings is 1. The maximum atomic E-state index is 15.3. The molecule has 1 rings (SSSR count). The largest absolute Gasteiger partial charge is 0.417 e. The summed E-state index contributed by atoms with van der Waals surface area (Å²) in [6, 6.07) is 4.64. The van der Waals surface area contributed by atoms with Crippen molar-refractivity contribution in [2.45, 2.75) is 62.9 Å². The van der Waals surface area contributed by atoms with Crippen LogP contribution in [0.15, 0.2) is 24.3 Å². The van der Waals surface area contributed by atoms with Crippen LogP contribution in [0, 0.1) is 5.82 Å². The van der Waals surface area contributed by atoms with E-state index >= 15 is 4.39 Å². The minimum Gasteiger partial charge on any atom is -0.381 e. The van der Waals surface area contributed by atoms with Crippen molar-refractivity contribution in [2.24, 2.45) is 0 Å². The molecule has 25 heavy (non-hydrogen) atoms. The molecule has 0 amide bonds. The molecule has 0 aliphatic carbocycles. The van der Waals surface area contributed by atoms with Gasteiger partial charge in [0.1, 0.15) is 5.82 Å². The molecule has 0 saturated carbocycles. The van der Waals surface area contributed by atoms with E-state index in [1.807, 2.05) is 0 Å². The number of alkyl halides is 4. The average Bonchev–Trinajstić information content (AvgIpc) is 2.44. The minimum absolute atomic E-state index is 0.471. The van der Waals surface area contributed by atoms with Gasteiger partial charge in [0.2, 0.25) is 0 Å². The Balaban J connectivity index is 3.59. The number of hydrogen-bond acceptors (Lipinski definition) is 2. The summed E-state index contributed by atoms with van der Waals surface area (Å²) >= 11 is 0. The lowest BCUT2D eigenvalue weighted by atomic mass is 9.75. The van der Waals surface area contributed by atoms with Crippen LogP contribution in [0.5, 0.6) is 0 Å². The normalized spacial score (nSPS) is 20.4. The molecule has 0 saturated heterocycles. The molecule has 0 aliphatic heterocycles. The molecule has 0 spiro atoms. The third-order valence-electron chi connectivity index (χ3n) is 4.07. The second kappa shape index (κ2) is 6.92. The van der Waals surface area contributed by atoms with Gasteiger partial charge in [-0.1, -0.05) is 18.2 Å². The van der Waals surface area contributed by atoms with Crippen molar-refractivity contribution in [2.75, 3.05) is 0 Å². The fraction of sp³-hybridized carbons (Fsp3) is 0.625. The van der Waals surface area contributed by atoms with Crippen molar-refractivity contribution in [3.63, 3.8) is 0 Å². The molecule has 0 bridgehead atoms. The van der Waals surface area contributed by atoms with Crippen molar-refractivity contribution in [1.29, 1.82) is 0 Å². The molecular weight excluding hydrogens is 365 g/mol. The second-order valence-corrected chi connectivity index (χ2v) is 9.07. The van der Waals surface area contributed by atoms with Gasteiger partial charge in [-0.2, -0.15) is 13.2 Å². The number of halogens is 5. The molecule has 0 heterocycles. The van der Waals surface area contributed by atoms with Crippen LogP contribution in [-0.2, 0) is 16.5 Å². The predicted octanol–water partition coefficient (Wildman–Crippen LogP) is 3.74. The average molecular weight is 387 g/mol. The van der Waals surface area contributed by atoms with E-state index in [9.17, 15) is 26.9 Å². The van der Waals surface area contributed by atoms with Crippen LogP contribution in [0.1, 0.15) is 40.2 Å². The molecule has 9 heteroatoms. The van der Waals surface area contributed by atoms with Gasteiger partial charge in [-0.3, -0.25) is 0 Å². The summed E-state index contributed by atoms with van der Waals surface area (Å²) in [5, 5.41) is 9.56. The van der Waals surface area contributed by atoms with Gasteiger partial charge in [-0.25, -0.2) is 17.7 Å². The zero-order valence-corrected chi connectivity index (χ0v) is 15.4. The van der Waals surface area contributed by atoms with Crippen molar-refractivity contribution in [1.82, 2.24) is 4.72 Å². The molecule has 1 aromatic carbocycles. The highest BCUT2D eigenvalue weighted by Gasteiger charge is 2.61. The highest BCUT2D eigenvalue weighted by molar-refractivity contribution is 7.84. The fourth-order valence-corrected chi connectivity index (χ4v) is 3.19. The van der Waals surface area contributed by atoms with Gasteiger partial charge in [0.05, 0.1) is 21.3 Å². The molecule has 0 aromatic heterocycles. The molecule has 0 unspecified atom stereocenters. The lowest BCUT2D eigenvalue weighted by Gasteiger charge is -2.45. The van der Waals surface area contributed by atoms with Crippen LogP contribution < -0.4 is 4.72 Å². The van der Waals surface area contributed by atoms with Gasteiger partial charge in [0.15, 0.2) is 11.8 Å². The second-order valence-electron chi connectivity index (χ2n) is 7.11. The highest BCUT2D eigenvalue weighted by atomic mass is 32.2. The Morgan fingerprint density at radius 1 is 1.04 bits per heavy atom. The first-order valence-corrected chi connectivity index (χ1v) is 8.58. The van der Waals surface area contributed by atoms with E-state index in [-0.39, 0.29) is 0 Å². The summed E-state index contributed by atoms with van der Waals surface area (Å²) in [6.07, 6.45) is -8.71. The Hall–Kier alpha value is -1.06. The van der Waals surface area contributed by atoms with Gasteiger partial charge >= 0.3 is 6.18 Å². The number of nitrogens with one attached hydrogen (secondary N) is 1. The third-order valence-corrected chi connectivity index (χ3v) is 5.77. The van der Waals surface area contributed by atoms with E-state index in [4.69, 9.17) is 0 Å². The van der Waals surface area contributed by atoms with Crippen LogP contribution in [-0.4, -0.2) is 32.0 Å². The zero-order chi connectivity index (χ0) is 19.8. The Morgan fingerprint density at radius 3 is 1.92 bits per heavy atom. The summed E-state index contributed by atoms with van der Waals surface area (Å²) in [4.78, 5) is 0. The van der Waals surface area contributed by atoms with E-state index in [1.165, 1.54) is 32.9 Å². The molecule has 2 N–H and O–H groups in total. The molecule has 0 fully saturated rings. The summed E-state index contributed by atoms with van der Waals surface area (Å²) in [7, 11) is -2.04. The summed E-state index contributed by atoms with van der Waals surface area (Å²) in [5.74, 6) is -0.985. The summed E-state index contributed by atoms with van der Waals surface area (Å²) in [5.41, 5.74) is -6.32. The van der Waals surface area contributed by atoms with Crippen molar-refractivity contribution < 1.29 is 31.3 Å². The lowest BCUT2D eigenvalue weighted by Crippen LogP contribution is -2.65. The van der Waals surface area contributed by atoms with E-state index in [0.29, 0.717) is 6.92 Å². The van der Waals surface area contributed by atoms with E-state index in [1.54, 1.807) is 0 Å². The Morgan fingerprint density at radius 2 is 1.52 bits per heavy atom. The van der Waals surface area contributed by atoms with Crippen LogP contribution in [0.4, 0.5) is 22.0 Å². The Bertz CT molecular complexity index is 642. The first-order chi connectivity index (χ1) is 11.0. The number of aliphatic hydroxyl groups is 1. The van der Waals surface area contributed by atoms with E-state index in [2.05, 4.69) is 4.72 Å². The number of rotatable bonds is 5. The monoisotopic (exact) mass is 387 g/mol. The van der Waals surface area contributed by atoms with Crippen LogP contribution >= 0.6 is 0 Å². The van der Waals surface area contributed by atoms with Crippen LogP contribution in [0.3, 0.4) is 0 Å². The van der Waals surface area contributed by atoms with Gasteiger partial charge in [0, 0.05) is 5.56 Å². The maximum absolute atomic E-state index is 15.3. The van der Waals surface area contributed by atoms with Gasteiger partial charge < -0.3 is 5.11 Å². The first kappa shape index (κ1) is 22.0. The quantitative estimate of drug-likeness (QED) is 0.756. The van der Waals surface area contributed by atoms with Crippen molar-refractivity contribution in [3.05, 3.63) is 35.6 Å². The standard InChI is InChI=1S/C16H22F5NO2S/c1-13(2,3)25(24)22-15(5,10-8-6-7-9-11(10)17)14(4,18)12(23)16(19,20)21/h6-9,12,22-23H,1-5H3/t12-,14+,15-,25-/m1/s1. The van der Waals surface area contributed by atoms with Gasteiger partial charge in [-0.15, -0.1) is 0 Å². The minimum atomic E-state index is -5.29. The topological polar surface area (TPSA) is 49.3 Å². The van der Waals surface area contributed by atoms with Crippen LogP contribution in [0.25, 0.3) is 0 Å². The molecule has 144 valence electrons. The smallest absolute Gasteiger partial charge is 0.381 e. The summed E-state index contributed by atoms with van der Waals surface area (Å²) < 4.78 is 82.2. The SMILES string of the molecule is CC(C)(C)[S@@](=O)N[C@](C)(c1ccccc1F)[C@@](C)(F)[C@@H](O)C(F)(F)F. The van der Waals surface area contributed by atoms with Crippen molar-refractivity contribution >= 4 is 11.0 Å². The Kier molecular flexibility index (Phi) is 6.09. The maximum Gasteiger partial charge on any atom is 0.417 e. The van der Waals surface area contributed by atoms with Gasteiger partial charge in [0.25, 0.3) is 0 Å². The Labute approximate surface area is 146 Å². The molecule has 0 aliphatic rings. The van der Waals surface area contributed by atoms with Gasteiger partial charge in [-0.05, 0) is 40.7 Å². The number of aliphatic hydroxyl groups excluding tert-OH is 1. The van der Waals surface area contributed by atoms with Crippen LogP contribution in [0.2, 0.25) is 0 Å². The lowest BCUT2D eigenvalue weighted by molar-refractivity contribution is -0.251.